The van der Waals surface area contributed by atoms with Gasteiger partial charge in [0.1, 0.15) is 17.5 Å². The molecule has 1 aromatic carbocycles. The number of benzene rings is 1. The van der Waals surface area contributed by atoms with E-state index in [9.17, 15) is 0 Å². The monoisotopic (exact) mass is 284 g/mol. The van der Waals surface area contributed by atoms with Crippen LogP contribution < -0.4 is 10.6 Å². The lowest BCUT2D eigenvalue weighted by atomic mass is 10.2. The van der Waals surface area contributed by atoms with Crippen molar-refractivity contribution in [1.29, 1.82) is 0 Å². The highest BCUT2D eigenvalue weighted by Gasteiger charge is 2.08. The van der Waals surface area contributed by atoms with Crippen molar-refractivity contribution in [2.24, 2.45) is 0 Å². The van der Waals surface area contributed by atoms with Gasteiger partial charge in [0.2, 0.25) is 0 Å². The minimum atomic E-state index is 0.298. The Kier molecular flexibility index (Phi) is 5.14. The summed E-state index contributed by atoms with van der Waals surface area (Å²) >= 11 is 0. The molecule has 0 aliphatic carbocycles. The van der Waals surface area contributed by atoms with Gasteiger partial charge in [0, 0.05) is 24.2 Å². The molecule has 0 atom stereocenters. The third kappa shape index (κ3) is 4.45. The van der Waals surface area contributed by atoms with Gasteiger partial charge < -0.3 is 10.6 Å². The van der Waals surface area contributed by atoms with E-state index in [1.165, 1.54) is 5.56 Å². The molecule has 0 spiro atoms. The molecule has 0 fully saturated rings. The fourth-order valence-electron chi connectivity index (χ4n) is 2.00. The summed E-state index contributed by atoms with van der Waals surface area (Å²) in [6.45, 7) is 9.35. The molecule has 2 rings (SSSR count). The van der Waals surface area contributed by atoms with Crippen LogP contribution in [-0.4, -0.2) is 16.5 Å². The molecule has 4 heteroatoms. The van der Waals surface area contributed by atoms with E-state index in [1.54, 1.807) is 0 Å². The topological polar surface area (TPSA) is 49.8 Å². The van der Waals surface area contributed by atoms with Crippen molar-refractivity contribution in [3.63, 3.8) is 0 Å². The van der Waals surface area contributed by atoms with Crippen molar-refractivity contribution in [3.8, 4) is 0 Å². The molecule has 21 heavy (non-hydrogen) atoms. The minimum absolute atomic E-state index is 0.298. The zero-order valence-corrected chi connectivity index (χ0v) is 13.3. The fourth-order valence-corrected chi connectivity index (χ4v) is 2.00. The molecule has 0 unspecified atom stereocenters. The first kappa shape index (κ1) is 15.3. The molecule has 1 aromatic heterocycles. The SMILES string of the molecule is CCCNc1cc(Nc2cccc(C)c2)nc(C(C)C)n1. The standard InChI is InChI=1S/C17H24N4/c1-5-9-18-15-11-16(21-17(20-15)12(2)3)19-14-8-6-7-13(4)10-14/h6-8,10-12H,5,9H2,1-4H3,(H2,18,19,20,21). The summed E-state index contributed by atoms with van der Waals surface area (Å²) in [4.78, 5) is 9.17. The Labute approximate surface area is 127 Å². The van der Waals surface area contributed by atoms with E-state index >= 15 is 0 Å². The van der Waals surface area contributed by atoms with E-state index in [0.29, 0.717) is 5.92 Å². The van der Waals surface area contributed by atoms with Crippen LogP contribution in [0, 0.1) is 6.92 Å². The summed E-state index contributed by atoms with van der Waals surface area (Å²) in [5.41, 5.74) is 2.27. The summed E-state index contributed by atoms with van der Waals surface area (Å²) in [5.74, 6) is 2.86. The van der Waals surface area contributed by atoms with Gasteiger partial charge in [-0.15, -0.1) is 0 Å². The summed E-state index contributed by atoms with van der Waals surface area (Å²) < 4.78 is 0. The molecule has 4 nitrogen and oxygen atoms in total. The molecule has 0 aliphatic heterocycles. The lowest BCUT2D eigenvalue weighted by Crippen LogP contribution is -2.08. The molecule has 0 saturated heterocycles. The van der Waals surface area contributed by atoms with Gasteiger partial charge in [-0.05, 0) is 31.0 Å². The fraction of sp³-hybridized carbons (Fsp3) is 0.412. The Bertz CT molecular complexity index is 593. The molecule has 0 saturated carbocycles. The van der Waals surface area contributed by atoms with E-state index < -0.39 is 0 Å². The maximum atomic E-state index is 4.60. The maximum Gasteiger partial charge on any atom is 0.136 e. The minimum Gasteiger partial charge on any atom is -0.370 e. The van der Waals surface area contributed by atoms with E-state index in [2.05, 4.69) is 60.4 Å². The van der Waals surface area contributed by atoms with Crippen LogP contribution in [0.1, 0.15) is 44.5 Å². The summed E-state index contributed by atoms with van der Waals surface area (Å²) in [5, 5.41) is 6.70. The smallest absolute Gasteiger partial charge is 0.136 e. The number of aromatic nitrogens is 2. The number of nitrogens with one attached hydrogen (secondary N) is 2. The van der Waals surface area contributed by atoms with Crippen molar-refractivity contribution < 1.29 is 0 Å². The Balaban J connectivity index is 2.26. The van der Waals surface area contributed by atoms with Crippen LogP contribution in [0.25, 0.3) is 0 Å². The van der Waals surface area contributed by atoms with Crippen molar-refractivity contribution in [2.45, 2.75) is 40.0 Å². The number of anilines is 3. The Morgan fingerprint density at radius 1 is 1.10 bits per heavy atom. The van der Waals surface area contributed by atoms with Crippen molar-refractivity contribution in [3.05, 3.63) is 41.7 Å². The lowest BCUT2D eigenvalue weighted by molar-refractivity contribution is 0.775. The molecule has 2 N–H and O–H groups in total. The van der Waals surface area contributed by atoms with Crippen LogP contribution in [0.2, 0.25) is 0 Å². The normalized spacial score (nSPS) is 10.7. The highest BCUT2D eigenvalue weighted by atomic mass is 15.1. The molecule has 2 aromatic rings. The van der Waals surface area contributed by atoms with E-state index in [1.807, 2.05) is 18.2 Å². The van der Waals surface area contributed by atoms with E-state index in [0.717, 1.165) is 36.1 Å². The summed E-state index contributed by atoms with van der Waals surface area (Å²) in [7, 11) is 0. The summed E-state index contributed by atoms with van der Waals surface area (Å²) in [6, 6.07) is 10.2. The first-order valence-electron chi connectivity index (χ1n) is 7.55. The second-order valence-electron chi connectivity index (χ2n) is 5.57. The number of hydrogen-bond acceptors (Lipinski definition) is 4. The average molecular weight is 284 g/mol. The quantitative estimate of drug-likeness (QED) is 0.821. The third-order valence-electron chi connectivity index (χ3n) is 3.11. The van der Waals surface area contributed by atoms with Gasteiger partial charge in [-0.2, -0.15) is 0 Å². The average Bonchev–Trinajstić information content (AvgIpc) is 2.45. The van der Waals surface area contributed by atoms with Crippen molar-refractivity contribution >= 4 is 17.3 Å². The highest BCUT2D eigenvalue weighted by molar-refractivity contribution is 5.60. The molecule has 0 amide bonds. The van der Waals surface area contributed by atoms with Crippen LogP contribution in [0.15, 0.2) is 30.3 Å². The van der Waals surface area contributed by atoms with Crippen LogP contribution in [0.5, 0.6) is 0 Å². The molecule has 0 radical (unpaired) electrons. The van der Waals surface area contributed by atoms with Crippen LogP contribution in [0.3, 0.4) is 0 Å². The van der Waals surface area contributed by atoms with Crippen molar-refractivity contribution in [1.82, 2.24) is 9.97 Å². The highest BCUT2D eigenvalue weighted by Crippen LogP contribution is 2.21. The van der Waals surface area contributed by atoms with Gasteiger partial charge in [-0.3, -0.25) is 0 Å². The van der Waals surface area contributed by atoms with Crippen molar-refractivity contribution in [2.75, 3.05) is 17.2 Å². The first-order chi connectivity index (χ1) is 10.1. The number of hydrogen-bond donors (Lipinski definition) is 2. The number of rotatable bonds is 6. The van der Waals surface area contributed by atoms with Gasteiger partial charge in [-0.1, -0.05) is 32.9 Å². The molecular weight excluding hydrogens is 260 g/mol. The molecule has 1 heterocycles. The molecule has 0 bridgehead atoms. The van der Waals surface area contributed by atoms with E-state index in [-0.39, 0.29) is 0 Å². The van der Waals surface area contributed by atoms with Gasteiger partial charge in [-0.25, -0.2) is 9.97 Å². The zero-order chi connectivity index (χ0) is 15.2. The molecule has 0 aliphatic rings. The predicted octanol–water partition coefficient (Wildman–Crippen LogP) is 4.47. The maximum absolute atomic E-state index is 4.60. The predicted molar refractivity (Wildman–Crippen MR) is 89.4 cm³/mol. The largest absolute Gasteiger partial charge is 0.370 e. The van der Waals surface area contributed by atoms with Gasteiger partial charge >= 0.3 is 0 Å². The number of nitrogens with zero attached hydrogens (tertiary/aromatic N) is 2. The molecule has 112 valence electrons. The second-order valence-corrected chi connectivity index (χ2v) is 5.57. The molecular formula is C17H24N4. The second kappa shape index (κ2) is 7.07. The third-order valence-corrected chi connectivity index (χ3v) is 3.11. The Morgan fingerprint density at radius 3 is 2.52 bits per heavy atom. The lowest BCUT2D eigenvalue weighted by Gasteiger charge is -2.13. The van der Waals surface area contributed by atoms with Crippen LogP contribution >= 0.6 is 0 Å². The van der Waals surface area contributed by atoms with Crippen LogP contribution in [0.4, 0.5) is 17.3 Å². The van der Waals surface area contributed by atoms with Crippen LogP contribution in [-0.2, 0) is 0 Å². The van der Waals surface area contributed by atoms with Gasteiger partial charge in [0.25, 0.3) is 0 Å². The van der Waals surface area contributed by atoms with Gasteiger partial charge in [0.15, 0.2) is 0 Å². The first-order valence-corrected chi connectivity index (χ1v) is 7.55. The summed E-state index contributed by atoms with van der Waals surface area (Å²) in [6.07, 6.45) is 1.07. The Hall–Kier alpha value is -2.10. The van der Waals surface area contributed by atoms with Gasteiger partial charge in [0.05, 0.1) is 0 Å². The Morgan fingerprint density at radius 2 is 1.86 bits per heavy atom. The zero-order valence-electron chi connectivity index (χ0n) is 13.3. The van der Waals surface area contributed by atoms with E-state index in [4.69, 9.17) is 0 Å². The number of aryl methyl sites for hydroxylation is 1.